The van der Waals surface area contributed by atoms with Gasteiger partial charge in [-0.05, 0) is 26.7 Å². The minimum absolute atomic E-state index is 0.0630. The van der Waals surface area contributed by atoms with E-state index in [2.05, 4.69) is 47.7 Å². The van der Waals surface area contributed by atoms with Crippen LogP contribution in [0.4, 0.5) is 0 Å². The summed E-state index contributed by atoms with van der Waals surface area (Å²) in [5.74, 6) is 0. The summed E-state index contributed by atoms with van der Waals surface area (Å²) in [6.07, 6.45) is 4.60. The van der Waals surface area contributed by atoms with Crippen LogP contribution in [0.2, 0.25) is 0 Å². The van der Waals surface area contributed by atoms with E-state index in [1.807, 2.05) is 11.7 Å². The number of alkyl halides is 1. The lowest BCUT2D eigenvalue weighted by atomic mass is 10.0. The summed E-state index contributed by atoms with van der Waals surface area (Å²) in [7, 11) is 1.96. The number of aryl methyl sites for hydroxylation is 2. The Kier molecular flexibility index (Phi) is 3.07. The first-order chi connectivity index (χ1) is 7.04. The summed E-state index contributed by atoms with van der Waals surface area (Å²) < 4.78 is 9.04. The van der Waals surface area contributed by atoms with Gasteiger partial charge in [-0.1, -0.05) is 22.6 Å². The molecule has 1 fully saturated rings. The molecule has 3 nitrogen and oxygen atoms in total. The molecule has 2 heterocycles. The Bertz CT molecular complexity index is 363. The normalized spacial score (nSPS) is 31.1. The summed E-state index contributed by atoms with van der Waals surface area (Å²) in [4.78, 5) is 0. The zero-order valence-electron chi connectivity index (χ0n) is 9.46. The van der Waals surface area contributed by atoms with Crippen LogP contribution in [0, 0.1) is 6.92 Å². The van der Waals surface area contributed by atoms with Gasteiger partial charge in [-0.15, -0.1) is 0 Å². The van der Waals surface area contributed by atoms with E-state index in [9.17, 15) is 0 Å². The maximum absolute atomic E-state index is 6.12. The molecule has 2 unspecified atom stereocenters. The smallest absolute Gasteiger partial charge is 0.0866 e. The molecule has 0 N–H and O–H groups in total. The molecule has 0 amide bonds. The summed E-state index contributed by atoms with van der Waals surface area (Å²) >= 11 is 2.40. The Hall–Kier alpha value is -0.100. The van der Waals surface area contributed by atoms with Crippen molar-refractivity contribution in [3.63, 3.8) is 0 Å². The second kappa shape index (κ2) is 4.05. The van der Waals surface area contributed by atoms with Gasteiger partial charge in [0.25, 0.3) is 0 Å². The van der Waals surface area contributed by atoms with E-state index in [1.54, 1.807) is 0 Å². The number of nitrogens with zero attached hydrogens (tertiary/aromatic N) is 2. The van der Waals surface area contributed by atoms with Crippen molar-refractivity contribution in [2.45, 2.75) is 38.4 Å². The molecular weight excluding hydrogens is 303 g/mol. The Morgan fingerprint density at radius 3 is 2.93 bits per heavy atom. The molecule has 84 valence electrons. The van der Waals surface area contributed by atoms with Gasteiger partial charge in [0, 0.05) is 23.2 Å². The molecule has 0 aliphatic carbocycles. The maximum Gasteiger partial charge on any atom is 0.0866 e. The maximum atomic E-state index is 6.12. The summed E-state index contributed by atoms with van der Waals surface area (Å²) in [5, 5.41) is 4.36. The number of hydrogen-bond acceptors (Lipinski definition) is 2. The standard InChI is InChI=1S/C11H17IN2O/c1-8-9(6-14(3)13-8)10-4-5-11(2,7-12)15-10/h6,10H,4-5,7H2,1-3H3. The van der Waals surface area contributed by atoms with Crippen LogP contribution in [0.3, 0.4) is 0 Å². The van der Waals surface area contributed by atoms with Gasteiger partial charge in [0.1, 0.15) is 0 Å². The van der Waals surface area contributed by atoms with Crippen molar-refractivity contribution in [1.29, 1.82) is 0 Å². The lowest BCUT2D eigenvalue weighted by molar-refractivity contribution is -0.0112. The molecule has 0 aromatic carbocycles. The third kappa shape index (κ3) is 2.20. The van der Waals surface area contributed by atoms with Gasteiger partial charge in [0.05, 0.1) is 17.4 Å². The van der Waals surface area contributed by atoms with Crippen molar-refractivity contribution in [3.05, 3.63) is 17.5 Å². The van der Waals surface area contributed by atoms with E-state index < -0.39 is 0 Å². The third-order valence-corrected chi connectivity index (χ3v) is 4.66. The van der Waals surface area contributed by atoms with Gasteiger partial charge in [-0.2, -0.15) is 5.10 Å². The van der Waals surface area contributed by atoms with Crippen LogP contribution in [0.15, 0.2) is 6.20 Å². The first-order valence-electron chi connectivity index (χ1n) is 5.28. The molecule has 15 heavy (non-hydrogen) atoms. The average Bonchev–Trinajstić information content (AvgIpc) is 2.71. The highest BCUT2D eigenvalue weighted by Gasteiger charge is 2.36. The van der Waals surface area contributed by atoms with Gasteiger partial charge in [0.15, 0.2) is 0 Å². The van der Waals surface area contributed by atoms with E-state index in [1.165, 1.54) is 5.56 Å². The second-order valence-electron chi connectivity index (χ2n) is 4.57. The molecule has 2 rings (SSSR count). The molecule has 2 atom stereocenters. The number of hydrogen-bond donors (Lipinski definition) is 0. The van der Waals surface area contributed by atoms with Gasteiger partial charge in [0.2, 0.25) is 0 Å². The van der Waals surface area contributed by atoms with Gasteiger partial charge < -0.3 is 4.74 Å². The fourth-order valence-electron chi connectivity index (χ4n) is 2.15. The monoisotopic (exact) mass is 320 g/mol. The summed E-state index contributed by atoms with van der Waals surface area (Å²) in [6.45, 7) is 4.25. The first kappa shape index (κ1) is 11.4. The van der Waals surface area contributed by atoms with Crippen LogP contribution < -0.4 is 0 Å². The Balaban J connectivity index is 2.17. The quantitative estimate of drug-likeness (QED) is 0.619. The fourth-order valence-corrected chi connectivity index (χ4v) is 2.71. The molecule has 1 aliphatic heterocycles. The van der Waals surface area contributed by atoms with Crippen molar-refractivity contribution in [3.8, 4) is 0 Å². The summed E-state index contributed by atoms with van der Waals surface area (Å²) in [6, 6.07) is 0. The average molecular weight is 320 g/mol. The predicted molar refractivity (Wildman–Crippen MR) is 68.3 cm³/mol. The minimum atomic E-state index is 0.0630. The highest BCUT2D eigenvalue weighted by atomic mass is 127. The van der Waals surface area contributed by atoms with Gasteiger partial charge >= 0.3 is 0 Å². The van der Waals surface area contributed by atoms with Crippen LogP contribution in [-0.2, 0) is 11.8 Å². The van der Waals surface area contributed by atoms with Crippen molar-refractivity contribution in [2.75, 3.05) is 4.43 Å². The number of rotatable bonds is 2. The number of ether oxygens (including phenoxy) is 1. The molecule has 4 heteroatoms. The van der Waals surface area contributed by atoms with E-state index in [-0.39, 0.29) is 11.7 Å². The molecule has 0 saturated carbocycles. The highest BCUT2D eigenvalue weighted by Crippen LogP contribution is 2.40. The van der Waals surface area contributed by atoms with E-state index in [4.69, 9.17) is 4.74 Å². The summed E-state index contributed by atoms with van der Waals surface area (Å²) in [5.41, 5.74) is 2.42. The van der Waals surface area contributed by atoms with Crippen LogP contribution in [0.5, 0.6) is 0 Å². The number of aromatic nitrogens is 2. The fraction of sp³-hybridized carbons (Fsp3) is 0.727. The van der Waals surface area contributed by atoms with E-state index in [0.717, 1.165) is 23.0 Å². The third-order valence-electron chi connectivity index (χ3n) is 3.04. The topological polar surface area (TPSA) is 27.1 Å². The SMILES string of the molecule is Cc1nn(C)cc1C1CCC(C)(CI)O1. The lowest BCUT2D eigenvalue weighted by Crippen LogP contribution is -2.24. The zero-order valence-corrected chi connectivity index (χ0v) is 11.6. The van der Waals surface area contributed by atoms with Crippen LogP contribution in [-0.4, -0.2) is 19.8 Å². The zero-order chi connectivity index (χ0) is 11.1. The van der Waals surface area contributed by atoms with Crippen LogP contribution in [0.1, 0.15) is 37.1 Å². The molecule has 0 radical (unpaired) electrons. The first-order valence-corrected chi connectivity index (χ1v) is 6.80. The number of halogens is 1. The van der Waals surface area contributed by atoms with Gasteiger partial charge in [-0.25, -0.2) is 0 Å². The van der Waals surface area contributed by atoms with E-state index in [0.29, 0.717) is 0 Å². The Morgan fingerprint density at radius 2 is 2.47 bits per heavy atom. The van der Waals surface area contributed by atoms with E-state index >= 15 is 0 Å². The molecule has 1 saturated heterocycles. The van der Waals surface area contributed by atoms with Gasteiger partial charge in [-0.3, -0.25) is 4.68 Å². The minimum Gasteiger partial charge on any atom is -0.366 e. The van der Waals surface area contributed by atoms with Crippen LogP contribution >= 0.6 is 22.6 Å². The Morgan fingerprint density at radius 1 is 1.73 bits per heavy atom. The van der Waals surface area contributed by atoms with Crippen molar-refractivity contribution >= 4 is 22.6 Å². The highest BCUT2D eigenvalue weighted by molar-refractivity contribution is 14.1. The predicted octanol–water partition coefficient (Wildman–Crippen LogP) is 2.77. The largest absolute Gasteiger partial charge is 0.366 e. The molecule has 0 spiro atoms. The molecule has 1 aliphatic rings. The molecule has 1 aromatic heterocycles. The van der Waals surface area contributed by atoms with Crippen LogP contribution in [0.25, 0.3) is 0 Å². The Labute approximate surface area is 104 Å². The molecule has 1 aromatic rings. The molecule has 0 bridgehead atoms. The van der Waals surface area contributed by atoms with Crippen molar-refractivity contribution < 1.29 is 4.74 Å². The lowest BCUT2D eigenvalue weighted by Gasteiger charge is -2.21. The van der Waals surface area contributed by atoms with Crippen molar-refractivity contribution in [1.82, 2.24) is 9.78 Å². The molecular formula is C11H17IN2O. The van der Waals surface area contributed by atoms with Crippen molar-refractivity contribution in [2.24, 2.45) is 7.05 Å². The second-order valence-corrected chi connectivity index (χ2v) is 5.34.